The first-order valence-electron chi connectivity index (χ1n) is 6.40. The van der Waals surface area contributed by atoms with E-state index >= 15 is 0 Å². The van der Waals surface area contributed by atoms with Crippen molar-refractivity contribution in [3.63, 3.8) is 0 Å². The second kappa shape index (κ2) is 6.05. The first kappa shape index (κ1) is 13.2. The smallest absolute Gasteiger partial charge is 0.219 e. The van der Waals surface area contributed by atoms with Gasteiger partial charge in [-0.25, -0.2) is 4.98 Å². The molecule has 2 rings (SSSR count). The molecule has 0 aliphatic heterocycles. The van der Waals surface area contributed by atoms with Crippen LogP contribution in [0, 0.1) is 12.3 Å². The molecule has 0 atom stereocenters. The predicted octanol–water partition coefficient (Wildman–Crippen LogP) is 1.74. The highest BCUT2D eigenvalue weighted by molar-refractivity contribution is 5.76. The second-order valence-electron chi connectivity index (χ2n) is 4.26. The Morgan fingerprint density at radius 2 is 2.26 bits per heavy atom. The number of nitrogens with zero attached hydrogens (tertiary/aromatic N) is 2. The van der Waals surface area contributed by atoms with Gasteiger partial charge in [-0.2, -0.15) is 0 Å². The van der Waals surface area contributed by atoms with Crippen molar-refractivity contribution in [1.82, 2.24) is 14.9 Å². The van der Waals surface area contributed by atoms with Crippen molar-refractivity contribution in [3.05, 3.63) is 30.1 Å². The Labute approximate surface area is 112 Å². The summed E-state index contributed by atoms with van der Waals surface area (Å²) in [6.07, 6.45) is 6.59. The van der Waals surface area contributed by atoms with Gasteiger partial charge in [0.15, 0.2) is 0 Å². The zero-order chi connectivity index (χ0) is 13.7. The minimum atomic E-state index is 0.0552. The molecule has 1 aromatic heterocycles. The van der Waals surface area contributed by atoms with E-state index < -0.39 is 0 Å². The number of amides is 1. The predicted molar refractivity (Wildman–Crippen MR) is 75.6 cm³/mol. The number of para-hydroxylation sites is 2. The number of hydrogen-bond acceptors (Lipinski definition) is 2. The molecule has 0 unspecified atom stereocenters. The van der Waals surface area contributed by atoms with Gasteiger partial charge in [0, 0.05) is 19.4 Å². The number of imidazole rings is 1. The fourth-order valence-electron chi connectivity index (χ4n) is 2.02. The third-order valence-corrected chi connectivity index (χ3v) is 2.97. The summed E-state index contributed by atoms with van der Waals surface area (Å²) < 4.78 is 2.02. The van der Waals surface area contributed by atoms with Crippen molar-refractivity contribution in [3.8, 4) is 12.3 Å². The molecule has 19 heavy (non-hydrogen) atoms. The highest BCUT2D eigenvalue weighted by Crippen LogP contribution is 2.15. The molecule has 4 heteroatoms. The quantitative estimate of drug-likeness (QED) is 0.827. The maximum Gasteiger partial charge on any atom is 0.219 e. The third-order valence-electron chi connectivity index (χ3n) is 2.97. The van der Waals surface area contributed by atoms with Gasteiger partial charge in [-0.15, -0.1) is 6.42 Å². The molecule has 0 aliphatic rings. The number of fused-ring (bicyclic) bond motifs is 1. The molecule has 1 aromatic carbocycles. The summed E-state index contributed by atoms with van der Waals surface area (Å²) in [5.74, 6) is 3.62. The Morgan fingerprint density at radius 3 is 3.00 bits per heavy atom. The number of hydrogen-bond donors (Lipinski definition) is 1. The van der Waals surface area contributed by atoms with Gasteiger partial charge in [0.05, 0.1) is 17.6 Å². The SMILES string of the molecule is C#CCn1c(CCNC(=O)CC)nc2ccccc21. The topological polar surface area (TPSA) is 46.9 Å². The monoisotopic (exact) mass is 255 g/mol. The highest BCUT2D eigenvalue weighted by atomic mass is 16.1. The van der Waals surface area contributed by atoms with Crippen LogP contribution in [0.4, 0.5) is 0 Å². The van der Waals surface area contributed by atoms with E-state index in [2.05, 4.69) is 16.2 Å². The summed E-state index contributed by atoms with van der Waals surface area (Å²) in [5.41, 5.74) is 1.98. The maximum atomic E-state index is 11.2. The average Bonchev–Trinajstić information content (AvgIpc) is 2.77. The first-order valence-corrected chi connectivity index (χ1v) is 6.40. The van der Waals surface area contributed by atoms with Crippen molar-refractivity contribution in [2.75, 3.05) is 6.54 Å². The van der Waals surface area contributed by atoms with Crippen molar-refractivity contribution in [2.24, 2.45) is 0 Å². The van der Waals surface area contributed by atoms with E-state index in [9.17, 15) is 4.79 Å². The zero-order valence-electron chi connectivity index (χ0n) is 11.0. The van der Waals surface area contributed by atoms with Crippen molar-refractivity contribution >= 4 is 16.9 Å². The van der Waals surface area contributed by atoms with Gasteiger partial charge in [0.1, 0.15) is 5.82 Å². The largest absolute Gasteiger partial charge is 0.356 e. The lowest BCUT2D eigenvalue weighted by molar-refractivity contribution is -0.120. The van der Waals surface area contributed by atoms with Crippen LogP contribution in [-0.4, -0.2) is 22.0 Å². The lowest BCUT2D eigenvalue weighted by atomic mass is 10.3. The molecule has 0 aliphatic carbocycles. The summed E-state index contributed by atoms with van der Waals surface area (Å²) in [5, 5.41) is 2.85. The summed E-state index contributed by atoms with van der Waals surface area (Å²) in [7, 11) is 0. The Morgan fingerprint density at radius 1 is 1.47 bits per heavy atom. The number of rotatable bonds is 5. The molecule has 4 nitrogen and oxygen atoms in total. The van der Waals surface area contributed by atoms with Crippen LogP contribution in [0.15, 0.2) is 24.3 Å². The number of carbonyl (C=O) groups excluding carboxylic acids is 1. The van der Waals surface area contributed by atoms with Crippen molar-refractivity contribution < 1.29 is 4.79 Å². The minimum absolute atomic E-state index is 0.0552. The average molecular weight is 255 g/mol. The molecule has 1 amide bonds. The minimum Gasteiger partial charge on any atom is -0.356 e. The van der Waals surface area contributed by atoms with Crippen LogP contribution in [0.1, 0.15) is 19.2 Å². The molecule has 98 valence electrons. The van der Waals surface area contributed by atoms with Gasteiger partial charge in [-0.05, 0) is 12.1 Å². The fraction of sp³-hybridized carbons (Fsp3) is 0.333. The van der Waals surface area contributed by atoms with Crippen LogP contribution in [0.3, 0.4) is 0 Å². The number of nitrogens with one attached hydrogen (secondary N) is 1. The Kier molecular flexibility index (Phi) is 4.19. The van der Waals surface area contributed by atoms with Gasteiger partial charge in [-0.3, -0.25) is 4.79 Å². The standard InChI is InChI=1S/C15H17N3O/c1-3-11-18-13-8-6-5-7-12(13)17-14(18)9-10-16-15(19)4-2/h1,5-8H,4,9-11H2,2H3,(H,16,19). The van der Waals surface area contributed by atoms with E-state index in [1.165, 1.54) is 0 Å². The Hall–Kier alpha value is -2.28. The molecule has 1 N–H and O–H groups in total. The number of terminal acetylenes is 1. The maximum absolute atomic E-state index is 11.2. The molecule has 1 heterocycles. The van der Waals surface area contributed by atoms with E-state index in [1.54, 1.807) is 0 Å². The number of benzene rings is 1. The van der Waals surface area contributed by atoms with Gasteiger partial charge >= 0.3 is 0 Å². The van der Waals surface area contributed by atoms with Crippen LogP contribution in [-0.2, 0) is 17.8 Å². The van der Waals surface area contributed by atoms with Gasteiger partial charge in [0.2, 0.25) is 5.91 Å². The van der Waals surface area contributed by atoms with E-state index in [4.69, 9.17) is 6.42 Å². The van der Waals surface area contributed by atoms with Gasteiger partial charge < -0.3 is 9.88 Å². The highest BCUT2D eigenvalue weighted by Gasteiger charge is 2.09. The zero-order valence-corrected chi connectivity index (χ0v) is 11.0. The molecule has 0 saturated carbocycles. The van der Waals surface area contributed by atoms with Crippen LogP contribution in [0.5, 0.6) is 0 Å². The van der Waals surface area contributed by atoms with Gasteiger partial charge in [-0.1, -0.05) is 25.0 Å². The van der Waals surface area contributed by atoms with E-state index in [0.717, 1.165) is 16.9 Å². The summed E-state index contributed by atoms with van der Waals surface area (Å²) in [4.78, 5) is 15.8. The molecular formula is C15H17N3O. The fourth-order valence-corrected chi connectivity index (χ4v) is 2.02. The molecule has 0 radical (unpaired) electrons. The van der Waals surface area contributed by atoms with E-state index in [1.807, 2.05) is 35.8 Å². The summed E-state index contributed by atoms with van der Waals surface area (Å²) >= 11 is 0. The summed E-state index contributed by atoms with van der Waals surface area (Å²) in [6.45, 7) is 2.92. The van der Waals surface area contributed by atoms with Crippen LogP contribution in [0.25, 0.3) is 11.0 Å². The lowest BCUT2D eigenvalue weighted by Crippen LogP contribution is -2.25. The molecule has 0 fully saturated rings. The molecule has 2 aromatic rings. The Bertz CT molecular complexity index is 622. The number of aromatic nitrogens is 2. The second-order valence-corrected chi connectivity index (χ2v) is 4.26. The van der Waals surface area contributed by atoms with Gasteiger partial charge in [0.25, 0.3) is 0 Å². The van der Waals surface area contributed by atoms with Crippen molar-refractivity contribution in [2.45, 2.75) is 26.3 Å². The summed E-state index contributed by atoms with van der Waals surface area (Å²) in [6, 6.07) is 7.90. The molecule has 0 spiro atoms. The number of carbonyl (C=O) groups is 1. The van der Waals surface area contributed by atoms with Crippen LogP contribution < -0.4 is 5.32 Å². The molecular weight excluding hydrogens is 238 g/mol. The van der Waals surface area contributed by atoms with Crippen LogP contribution >= 0.6 is 0 Å². The molecule has 0 saturated heterocycles. The van der Waals surface area contributed by atoms with Crippen LogP contribution in [0.2, 0.25) is 0 Å². The van der Waals surface area contributed by atoms with Crippen molar-refractivity contribution in [1.29, 1.82) is 0 Å². The normalized spacial score (nSPS) is 10.3. The van der Waals surface area contributed by atoms with E-state index in [0.29, 0.717) is 25.9 Å². The first-order chi connectivity index (χ1) is 9.26. The Balaban J connectivity index is 2.19. The third kappa shape index (κ3) is 2.94. The molecule has 0 bridgehead atoms. The lowest BCUT2D eigenvalue weighted by Gasteiger charge is -2.06. The van der Waals surface area contributed by atoms with E-state index in [-0.39, 0.29) is 5.91 Å².